The van der Waals surface area contributed by atoms with E-state index >= 15 is 0 Å². The maximum Gasteiger partial charge on any atom is 0.169 e. The van der Waals surface area contributed by atoms with Crippen LogP contribution in [-0.4, -0.2) is 57.0 Å². The van der Waals surface area contributed by atoms with E-state index in [1.54, 1.807) is 0 Å². The highest BCUT2D eigenvalue weighted by atomic mass is 16.8. The van der Waals surface area contributed by atoms with Gasteiger partial charge in [0, 0.05) is 0 Å². The third-order valence-electron chi connectivity index (χ3n) is 2.74. The molecule has 2 aliphatic heterocycles. The zero-order valence-electron chi connectivity index (χ0n) is 12.1. The second-order valence-corrected chi connectivity index (χ2v) is 5.35. The van der Waals surface area contributed by atoms with E-state index in [0.29, 0.717) is 13.2 Å². The van der Waals surface area contributed by atoms with Gasteiger partial charge in [-0.05, 0) is 27.7 Å². The minimum absolute atomic E-state index is 0.232. The summed E-state index contributed by atoms with van der Waals surface area (Å²) in [5.74, 6) is -0.770. The van der Waals surface area contributed by atoms with Gasteiger partial charge in [-0.1, -0.05) is 0 Å². The fourth-order valence-electron chi connectivity index (χ4n) is 1.71. The molecular formula is C13H24O6. The molecule has 0 aromatic carbocycles. The Balaban J connectivity index is 1.60. The van der Waals surface area contributed by atoms with Gasteiger partial charge in [-0.25, -0.2) is 0 Å². The topological polar surface area (TPSA) is 62.0 Å². The molecule has 2 heterocycles. The fraction of sp³-hybridized carbons (Fsp3) is 1.00. The van der Waals surface area contributed by atoms with Gasteiger partial charge in [-0.15, -0.1) is 0 Å². The molecule has 0 bridgehead atoms. The molecule has 0 aliphatic carbocycles. The van der Waals surface area contributed by atoms with E-state index < -0.39 is 5.79 Å². The van der Waals surface area contributed by atoms with Crippen molar-refractivity contribution in [2.24, 2.45) is 0 Å². The largest absolute Gasteiger partial charge is 0.371 e. The Labute approximate surface area is 114 Å². The average molecular weight is 276 g/mol. The number of epoxide rings is 2. The highest BCUT2D eigenvalue weighted by Crippen LogP contribution is 2.20. The second-order valence-electron chi connectivity index (χ2n) is 5.35. The van der Waals surface area contributed by atoms with Crippen LogP contribution in [0.4, 0.5) is 0 Å². The first-order valence-corrected chi connectivity index (χ1v) is 6.76. The van der Waals surface area contributed by atoms with Crippen LogP contribution in [0, 0.1) is 0 Å². The average Bonchev–Trinajstić information content (AvgIpc) is 3.15. The van der Waals surface area contributed by atoms with E-state index in [1.807, 2.05) is 27.7 Å². The Bertz CT molecular complexity index is 248. The molecule has 2 fully saturated rings. The van der Waals surface area contributed by atoms with E-state index in [9.17, 15) is 0 Å². The molecule has 0 N–H and O–H groups in total. The molecular weight excluding hydrogens is 252 g/mol. The molecule has 4 unspecified atom stereocenters. The summed E-state index contributed by atoms with van der Waals surface area (Å²) < 4.78 is 32.5. The maximum absolute atomic E-state index is 5.70. The highest BCUT2D eigenvalue weighted by Gasteiger charge is 2.29. The van der Waals surface area contributed by atoms with E-state index in [2.05, 4.69) is 0 Å². The normalized spacial score (nSPS) is 29.1. The highest BCUT2D eigenvalue weighted by molar-refractivity contribution is 4.68. The van der Waals surface area contributed by atoms with Gasteiger partial charge < -0.3 is 28.4 Å². The van der Waals surface area contributed by atoms with Gasteiger partial charge in [0.2, 0.25) is 0 Å². The number of hydrogen-bond donors (Lipinski definition) is 0. The Morgan fingerprint density at radius 3 is 1.63 bits per heavy atom. The summed E-state index contributed by atoms with van der Waals surface area (Å²) in [6.07, 6.45) is -0.233. The Morgan fingerprint density at radius 2 is 1.32 bits per heavy atom. The quantitative estimate of drug-likeness (QED) is 0.442. The van der Waals surface area contributed by atoms with Crippen molar-refractivity contribution in [1.82, 2.24) is 0 Å². The minimum Gasteiger partial charge on any atom is -0.371 e. The van der Waals surface area contributed by atoms with Gasteiger partial charge in [0.1, 0.15) is 12.2 Å². The van der Waals surface area contributed by atoms with Crippen molar-refractivity contribution >= 4 is 0 Å². The van der Waals surface area contributed by atoms with Crippen LogP contribution in [0.5, 0.6) is 0 Å². The lowest BCUT2D eigenvalue weighted by Crippen LogP contribution is -2.37. The molecule has 0 spiro atoms. The Morgan fingerprint density at radius 1 is 0.947 bits per heavy atom. The Hall–Kier alpha value is -0.240. The summed E-state index contributed by atoms with van der Waals surface area (Å²) in [5.41, 5.74) is 0. The molecule has 0 aromatic rings. The van der Waals surface area contributed by atoms with Crippen LogP contribution in [0.1, 0.15) is 27.7 Å². The summed E-state index contributed by atoms with van der Waals surface area (Å²) >= 11 is 0. The lowest BCUT2D eigenvalue weighted by atomic mass is 10.4. The van der Waals surface area contributed by atoms with Crippen molar-refractivity contribution in [3.05, 3.63) is 0 Å². The smallest absolute Gasteiger partial charge is 0.169 e. The van der Waals surface area contributed by atoms with Gasteiger partial charge in [0.05, 0.1) is 26.4 Å². The molecule has 6 heteroatoms. The first-order chi connectivity index (χ1) is 8.94. The van der Waals surface area contributed by atoms with Crippen LogP contribution in [0.2, 0.25) is 0 Å². The predicted octanol–water partition coefficient (Wildman–Crippen LogP) is 1.28. The van der Waals surface area contributed by atoms with Crippen molar-refractivity contribution in [3.8, 4) is 0 Å². The molecule has 2 rings (SSSR count). The fourth-order valence-corrected chi connectivity index (χ4v) is 1.71. The van der Waals surface area contributed by atoms with E-state index in [-0.39, 0.29) is 24.8 Å². The lowest BCUT2D eigenvalue weighted by Gasteiger charge is -2.31. The van der Waals surface area contributed by atoms with Gasteiger partial charge in [-0.3, -0.25) is 0 Å². The number of rotatable bonds is 10. The molecule has 4 atom stereocenters. The third kappa shape index (κ3) is 6.65. The molecule has 0 amide bonds. The Kier molecular flexibility index (Phi) is 5.16. The van der Waals surface area contributed by atoms with Crippen LogP contribution < -0.4 is 0 Å². The molecule has 2 saturated heterocycles. The predicted molar refractivity (Wildman–Crippen MR) is 66.6 cm³/mol. The molecule has 2 aliphatic rings. The summed E-state index contributed by atoms with van der Waals surface area (Å²) in [7, 11) is 0. The van der Waals surface area contributed by atoms with Crippen molar-refractivity contribution in [3.63, 3.8) is 0 Å². The molecule has 0 saturated carbocycles. The van der Waals surface area contributed by atoms with E-state index in [1.165, 1.54) is 0 Å². The van der Waals surface area contributed by atoms with Gasteiger partial charge in [0.25, 0.3) is 0 Å². The third-order valence-corrected chi connectivity index (χ3v) is 2.74. The summed E-state index contributed by atoms with van der Waals surface area (Å²) in [5, 5.41) is 0. The van der Waals surface area contributed by atoms with Crippen molar-refractivity contribution in [2.45, 2.75) is 58.3 Å². The zero-order chi connectivity index (χ0) is 13.9. The number of ether oxygens (including phenoxy) is 6. The minimum atomic E-state index is -0.770. The lowest BCUT2D eigenvalue weighted by molar-refractivity contribution is -0.332. The second kappa shape index (κ2) is 6.47. The molecule has 0 aromatic heterocycles. The van der Waals surface area contributed by atoms with E-state index in [0.717, 1.165) is 13.2 Å². The summed E-state index contributed by atoms with van der Waals surface area (Å²) in [6.45, 7) is 10.0. The van der Waals surface area contributed by atoms with Crippen molar-refractivity contribution < 1.29 is 28.4 Å². The van der Waals surface area contributed by atoms with Gasteiger partial charge in [-0.2, -0.15) is 0 Å². The van der Waals surface area contributed by atoms with Crippen molar-refractivity contribution in [2.75, 3.05) is 26.4 Å². The molecule has 6 nitrogen and oxygen atoms in total. The maximum atomic E-state index is 5.70. The summed E-state index contributed by atoms with van der Waals surface area (Å²) in [6, 6.07) is 0. The monoisotopic (exact) mass is 276 g/mol. The molecule has 0 radical (unpaired) electrons. The zero-order valence-corrected chi connectivity index (χ0v) is 12.1. The van der Waals surface area contributed by atoms with Gasteiger partial charge in [0.15, 0.2) is 18.4 Å². The number of hydrogen-bond acceptors (Lipinski definition) is 6. The van der Waals surface area contributed by atoms with Crippen LogP contribution >= 0.6 is 0 Å². The first-order valence-electron chi connectivity index (χ1n) is 6.76. The van der Waals surface area contributed by atoms with Crippen LogP contribution in [0.25, 0.3) is 0 Å². The van der Waals surface area contributed by atoms with Crippen LogP contribution in [0.3, 0.4) is 0 Å². The first kappa shape index (κ1) is 15.2. The van der Waals surface area contributed by atoms with Crippen LogP contribution in [0.15, 0.2) is 0 Å². The SMILES string of the molecule is CC(OCC1CO1)OC(C)(C)OC(C)OCC1CO1. The standard InChI is InChI=1S/C13H24O6/c1-9(14-5-11-7-16-11)18-13(3,4)19-10(2)15-6-12-8-17-12/h9-12H,5-8H2,1-4H3. The van der Waals surface area contributed by atoms with Crippen LogP contribution in [-0.2, 0) is 28.4 Å². The van der Waals surface area contributed by atoms with Gasteiger partial charge >= 0.3 is 0 Å². The van der Waals surface area contributed by atoms with E-state index in [4.69, 9.17) is 28.4 Å². The molecule has 112 valence electrons. The summed E-state index contributed by atoms with van der Waals surface area (Å²) in [4.78, 5) is 0. The van der Waals surface area contributed by atoms with Crippen molar-refractivity contribution in [1.29, 1.82) is 0 Å². The molecule has 19 heavy (non-hydrogen) atoms.